The van der Waals surface area contributed by atoms with Crippen molar-refractivity contribution >= 4 is 0 Å². The fourth-order valence-corrected chi connectivity index (χ4v) is 5.93. The molecule has 37 heavy (non-hydrogen) atoms. The molecule has 1 aliphatic heterocycles. The monoisotopic (exact) mass is 519 g/mol. The summed E-state index contributed by atoms with van der Waals surface area (Å²) in [5.41, 5.74) is 0. The van der Waals surface area contributed by atoms with Crippen molar-refractivity contribution in [2.75, 3.05) is 13.1 Å². The first-order valence-corrected chi connectivity index (χ1v) is 17.5. The van der Waals surface area contributed by atoms with Gasteiger partial charge < -0.3 is 9.80 Å². The molecule has 1 unspecified atom stereocenters. The second kappa shape index (κ2) is 26.9. The first kappa shape index (κ1) is 34.4. The first-order valence-electron chi connectivity index (χ1n) is 17.5. The molecule has 0 saturated heterocycles. The van der Waals surface area contributed by atoms with Gasteiger partial charge >= 0.3 is 0 Å². The van der Waals surface area contributed by atoms with Crippen molar-refractivity contribution < 1.29 is 0 Å². The van der Waals surface area contributed by atoms with E-state index < -0.39 is 0 Å². The van der Waals surface area contributed by atoms with E-state index in [2.05, 4.69) is 43.0 Å². The summed E-state index contributed by atoms with van der Waals surface area (Å²) in [6.07, 6.45) is 44.2. The molecule has 0 radical (unpaired) electrons. The van der Waals surface area contributed by atoms with Gasteiger partial charge in [0.05, 0.1) is 6.17 Å². The Morgan fingerprint density at radius 3 is 0.811 bits per heavy atom. The van der Waals surface area contributed by atoms with Crippen LogP contribution in [0.15, 0.2) is 12.4 Å². The van der Waals surface area contributed by atoms with Crippen LogP contribution < -0.4 is 0 Å². The Morgan fingerprint density at radius 2 is 0.568 bits per heavy atom. The largest absolute Gasteiger partial charge is 0.356 e. The second-order valence-corrected chi connectivity index (χ2v) is 12.2. The minimum Gasteiger partial charge on any atom is -0.356 e. The summed E-state index contributed by atoms with van der Waals surface area (Å²) in [7, 11) is 0. The number of rotatable bonds is 29. The average Bonchev–Trinajstić information content (AvgIpc) is 3.25. The van der Waals surface area contributed by atoms with Crippen LogP contribution in [0.25, 0.3) is 0 Å². The highest BCUT2D eigenvalue weighted by Gasteiger charge is 2.20. The molecule has 0 saturated carbocycles. The van der Waals surface area contributed by atoms with E-state index in [1.54, 1.807) is 0 Å². The lowest BCUT2D eigenvalue weighted by atomic mass is 10.0. The first-order chi connectivity index (χ1) is 18.3. The molecule has 0 aromatic carbocycles. The average molecular weight is 519 g/mol. The molecule has 0 aromatic rings. The molecule has 0 spiro atoms. The van der Waals surface area contributed by atoms with Gasteiger partial charge in [0.15, 0.2) is 0 Å². The van der Waals surface area contributed by atoms with E-state index in [4.69, 9.17) is 0 Å². The maximum atomic E-state index is 2.57. The fraction of sp³-hybridized carbons (Fsp3) is 0.943. The minimum atomic E-state index is 0.569. The Balaban J connectivity index is 1.82. The molecular formula is C35H70N2. The molecule has 1 rings (SSSR count). The number of hydrogen-bond acceptors (Lipinski definition) is 2. The van der Waals surface area contributed by atoms with Crippen molar-refractivity contribution in [3.8, 4) is 0 Å². The summed E-state index contributed by atoms with van der Waals surface area (Å²) in [4.78, 5) is 5.14. The summed E-state index contributed by atoms with van der Waals surface area (Å²) >= 11 is 0. The van der Waals surface area contributed by atoms with Crippen molar-refractivity contribution in [1.82, 2.24) is 9.80 Å². The third-order valence-electron chi connectivity index (χ3n) is 8.70. The molecular weight excluding hydrogens is 448 g/mol. The van der Waals surface area contributed by atoms with Gasteiger partial charge in [-0.1, -0.05) is 174 Å². The molecule has 1 aliphatic rings. The molecule has 0 aliphatic carbocycles. The van der Waals surface area contributed by atoms with E-state index in [9.17, 15) is 0 Å². The Hall–Kier alpha value is -0.660. The number of hydrogen-bond donors (Lipinski definition) is 0. The molecule has 0 fully saturated rings. The van der Waals surface area contributed by atoms with Gasteiger partial charge in [0.2, 0.25) is 0 Å². The summed E-state index contributed by atoms with van der Waals surface area (Å²) < 4.78 is 0. The molecule has 1 heterocycles. The maximum absolute atomic E-state index is 2.57. The van der Waals surface area contributed by atoms with Crippen molar-refractivity contribution in [1.29, 1.82) is 0 Å². The Morgan fingerprint density at radius 1 is 0.351 bits per heavy atom. The lowest BCUT2D eigenvalue weighted by molar-refractivity contribution is 0.165. The van der Waals surface area contributed by atoms with Crippen LogP contribution in [0.5, 0.6) is 0 Å². The van der Waals surface area contributed by atoms with E-state index in [1.165, 1.54) is 186 Å². The van der Waals surface area contributed by atoms with Crippen LogP contribution in [0.1, 0.15) is 194 Å². The predicted molar refractivity (Wildman–Crippen MR) is 168 cm³/mol. The van der Waals surface area contributed by atoms with Gasteiger partial charge in [0.25, 0.3) is 0 Å². The van der Waals surface area contributed by atoms with Crippen LogP contribution in [0.2, 0.25) is 0 Å². The highest BCUT2D eigenvalue weighted by Crippen LogP contribution is 2.19. The highest BCUT2D eigenvalue weighted by atomic mass is 15.4. The lowest BCUT2D eigenvalue weighted by Gasteiger charge is -2.30. The SMILES string of the molecule is CCCCCCCCCCCCCCCCCN1C=CN(CCCCCCCCCCCCCC)C1C. The van der Waals surface area contributed by atoms with Crippen molar-refractivity contribution in [2.45, 2.75) is 200 Å². The molecule has 1 atom stereocenters. The van der Waals surface area contributed by atoms with Crippen LogP contribution in [0.3, 0.4) is 0 Å². The summed E-state index contributed by atoms with van der Waals surface area (Å²) in [6.45, 7) is 9.49. The Bertz CT molecular complexity index is 474. The predicted octanol–water partition coefficient (Wildman–Crippen LogP) is 12.0. The van der Waals surface area contributed by atoms with E-state index in [0.717, 1.165) is 0 Å². The quantitative estimate of drug-likeness (QED) is 0.0908. The van der Waals surface area contributed by atoms with Gasteiger partial charge in [-0.25, -0.2) is 0 Å². The summed E-state index contributed by atoms with van der Waals surface area (Å²) in [5.74, 6) is 0. The summed E-state index contributed by atoms with van der Waals surface area (Å²) in [6, 6.07) is 0. The molecule has 220 valence electrons. The van der Waals surface area contributed by atoms with Gasteiger partial charge in [-0.3, -0.25) is 0 Å². The molecule has 0 N–H and O–H groups in total. The third kappa shape index (κ3) is 20.9. The van der Waals surface area contributed by atoms with Crippen LogP contribution in [-0.2, 0) is 0 Å². The molecule has 2 heteroatoms. The minimum absolute atomic E-state index is 0.569. The van der Waals surface area contributed by atoms with Gasteiger partial charge in [-0.2, -0.15) is 0 Å². The molecule has 0 amide bonds. The zero-order chi connectivity index (χ0) is 26.7. The normalized spacial score (nSPS) is 15.4. The van der Waals surface area contributed by atoms with Crippen LogP contribution in [0, 0.1) is 0 Å². The highest BCUT2D eigenvalue weighted by molar-refractivity contribution is 4.95. The zero-order valence-electron chi connectivity index (χ0n) is 26.1. The van der Waals surface area contributed by atoms with Crippen molar-refractivity contribution in [3.05, 3.63) is 12.4 Å². The van der Waals surface area contributed by atoms with Crippen molar-refractivity contribution in [3.63, 3.8) is 0 Å². The molecule has 0 bridgehead atoms. The zero-order valence-corrected chi connectivity index (χ0v) is 26.1. The second-order valence-electron chi connectivity index (χ2n) is 12.2. The van der Waals surface area contributed by atoms with E-state index in [-0.39, 0.29) is 0 Å². The van der Waals surface area contributed by atoms with E-state index in [0.29, 0.717) is 6.17 Å². The third-order valence-corrected chi connectivity index (χ3v) is 8.70. The summed E-state index contributed by atoms with van der Waals surface area (Å²) in [5, 5.41) is 0. The topological polar surface area (TPSA) is 6.48 Å². The van der Waals surface area contributed by atoms with Gasteiger partial charge in [0.1, 0.15) is 0 Å². The Labute approximate surface area is 235 Å². The van der Waals surface area contributed by atoms with Crippen LogP contribution >= 0.6 is 0 Å². The van der Waals surface area contributed by atoms with Gasteiger partial charge in [-0.05, 0) is 19.8 Å². The standard InChI is InChI=1S/C35H70N2/c1-4-6-8-10-12-14-16-18-19-20-22-24-26-28-30-32-37-34-33-36(35(37)3)31-29-27-25-23-21-17-15-13-11-9-7-5-2/h33-35H,4-32H2,1-3H3. The molecule has 2 nitrogen and oxygen atoms in total. The van der Waals surface area contributed by atoms with Gasteiger partial charge in [-0.15, -0.1) is 0 Å². The molecule has 0 aromatic heterocycles. The van der Waals surface area contributed by atoms with Crippen molar-refractivity contribution in [2.24, 2.45) is 0 Å². The fourth-order valence-electron chi connectivity index (χ4n) is 5.93. The smallest absolute Gasteiger partial charge is 0.0977 e. The van der Waals surface area contributed by atoms with Crippen LogP contribution in [0.4, 0.5) is 0 Å². The lowest BCUT2D eigenvalue weighted by Crippen LogP contribution is -2.36. The Kier molecular flexibility index (Phi) is 25.0. The number of nitrogens with zero attached hydrogens (tertiary/aromatic N) is 2. The number of unbranched alkanes of at least 4 members (excludes halogenated alkanes) is 25. The van der Waals surface area contributed by atoms with Crippen LogP contribution in [-0.4, -0.2) is 29.1 Å². The van der Waals surface area contributed by atoms with Gasteiger partial charge in [0, 0.05) is 25.5 Å². The van der Waals surface area contributed by atoms with E-state index in [1.807, 2.05) is 0 Å². The van der Waals surface area contributed by atoms with E-state index >= 15 is 0 Å². The maximum Gasteiger partial charge on any atom is 0.0977 e.